The number of nitrogens with one attached hydrogen (secondary N) is 1. The zero-order valence-electron chi connectivity index (χ0n) is 9.64. The van der Waals surface area contributed by atoms with E-state index in [9.17, 15) is 4.79 Å². The lowest BCUT2D eigenvalue weighted by Crippen LogP contribution is -2.47. The van der Waals surface area contributed by atoms with Gasteiger partial charge < -0.3 is 5.32 Å². The van der Waals surface area contributed by atoms with Gasteiger partial charge in [-0.25, -0.2) is 0 Å². The molecule has 1 aromatic carbocycles. The Morgan fingerprint density at radius 1 is 1.41 bits per heavy atom. The second kappa shape index (κ2) is 3.68. The van der Waals surface area contributed by atoms with Gasteiger partial charge in [0.05, 0.1) is 12.8 Å². The first-order valence-corrected chi connectivity index (χ1v) is 5.66. The van der Waals surface area contributed by atoms with Gasteiger partial charge in [-0.2, -0.15) is 5.06 Å². The normalized spacial score (nSPS) is 26.6. The summed E-state index contributed by atoms with van der Waals surface area (Å²) < 4.78 is 0. The van der Waals surface area contributed by atoms with E-state index in [0.717, 1.165) is 17.8 Å². The van der Waals surface area contributed by atoms with Crippen LogP contribution in [-0.2, 0) is 15.0 Å². The molecule has 1 N–H and O–H groups in total. The van der Waals surface area contributed by atoms with E-state index in [-0.39, 0.29) is 5.91 Å². The van der Waals surface area contributed by atoms with Gasteiger partial charge in [0, 0.05) is 13.1 Å². The van der Waals surface area contributed by atoms with Crippen molar-refractivity contribution < 1.29 is 9.63 Å². The van der Waals surface area contributed by atoms with Crippen LogP contribution in [0.4, 0.5) is 5.69 Å². The van der Waals surface area contributed by atoms with Crippen molar-refractivity contribution in [2.75, 3.05) is 25.3 Å². The topological polar surface area (TPSA) is 41.6 Å². The highest BCUT2D eigenvalue weighted by molar-refractivity contribution is 6.08. The predicted molar refractivity (Wildman–Crippen MR) is 64.6 cm³/mol. The van der Waals surface area contributed by atoms with Crippen LogP contribution in [-0.4, -0.2) is 26.1 Å². The van der Waals surface area contributed by atoms with Crippen LogP contribution in [0, 0.1) is 0 Å². The number of hydrogen-bond donors (Lipinski definition) is 1. The van der Waals surface area contributed by atoms with Gasteiger partial charge in [0.2, 0.25) is 0 Å². The average molecular weight is 230 g/mol. The Morgan fingerprint density at radius 2 is 2.24 bits per heavy atom. The number of carbonyl (C=O) groups is 1. The number of nitrogens with zero attached hydrogens (tertiary/aromatic N) is 1. The fourth-order valence-corrected chi connectivity index (χ4v) is 2.62. The highest BCUT2D eigenvalue weighted by Crippen LogP contribution is 2.43. The molecule has 0 saturated heterocycles. The van der Waals surface area contributed by atoms with Crippen LogP contribution in [0.15, 0.2) is 36.4 Å². The van der Waals surface area contributed by atoms with Crippen molar-refractivity contribution in [3.8, 4) is 0 Å². The van der Waals surface area contributed by atoms with Crippen LogP contribution in [0.25, 0.3) is 0 Å². The highest BCUT2D eigenvalue weighted by atomic mass is 16.7. The minimum Gasteiger partial charge on any atom is -0.312 e. The molecule has 4 heteroatoms. The Balaban J connectivity index is 2.21. The van der Waals surface area contributed by atoms with Gasteiger partial charge >= 0.3 is 0 Å². The quantitative estimate of drug-likeness (QED) is 0.732. The first-order valence-electron chi connectivity index (χ1n) is 5.66. The first kappa shape index (κ1) is 10.5. The van der Waals surface area contributed by atoms with Crippen LogP contribution >= 0.6 is 0 Å². The molecule has 3 rings (SSSR count). The van der Waals surface area contributed by atoms with Crippen molar-refractivity contribution in [1.82, 2.24) is 5.32 Å². The van der Waals surface area contributed by atoms with Crippen LogP contribution in [0.1, 0.15) is 5.56 Å². The summed E-state index contributed by atoms with van der Waals surface area (Å²) in [4.78, 5) is 17.7. The van der Waals surface area contributed by atoms with Crippen molar-refractivity contribution in [2.24, 2.45) is 0 Å². The molecule has 4 nitrogen and oxygen atoms in total. The van der Waals surface area contributed by atoms with Gasteiger partial charge in [0.15, 0.2) is 0 Å². The van der Waals surface area contributed by atoms with Crippen molar-refractivity contribution in [3.05, 3.63) is 42.0 Å². The van der Waals surface area contributed by atoms with E-state index in [4.69, 9.17) is 4.84 Å². The van der Waals surface area contributed by atoms with Gasteiger partial charge in [-0.05, 0) is 11.6 Å². The van der Waals surface area contributed by atoms with Gasteiger partial charge in [-0.3, -0.25) is 9.63 Å². The van der Waals surface area contributed by atoms with Crippen LogP contribution in [0.3, 0.4) is 0 Å². The van der Waals surface area contributed by atoms with E-state index in [2.05, 4.69) is 5.32 Å². The second-order valence-corrected chi connectivity index (χ2v) is 4.30. The number of hydroxylamine groups is 1. The molecule has 1 atom stereocenters. The summed E-state index contributed by atoms with van der Waals surface area (Å²) in [5.74, 6) is -0.0235. The standard InChI is InChI=1S/C13H14N2O2/c1-17-15-11-6-3-2-5-10(11)13(12(15)16)7-4-8-14-9-13/h2-7,14H,8-9H2,1H3/t13-/m1/s1. The van der Waals surface area contributed by atoms with E-state index in [0.29, 0.717) is 6.54 Å². The predicted octanol–water partition coefficient (Wildman–Crippen LogP) is 0.992. The summed E-state index contributed by atoms with van der Waals surface area (Å²) in [6, 6.07) is 7.77. The Kier molecular flexibility index (Phi) is 2.28. The third-order valence-electron chi connectivity index (χ3n) is 3.42. The average Bonchev–Trinajstić information content (AvgIpc) is 2.61. The van der Waals surface area contributed by atoms with Crippen LogP contribution in [0.5, 0.6) is 0 Å². The van der Waals surface area contributed by atoms with Gasteiger partial charge in [0.25, 0.3) is 5.91 Å². The maximum Gasteiger partial charge on any atom is 0.266 e. The van der Waals surface area contributed by atoms with E-state index >= 15 is 0 Å². The monoisotopic (exact) mass is 230 g/mol. The maximum absolute atomic E-state index is 12.5. The van der Waals surface area contributed by atoms with E-state index in [1.807, 2.05) is 36.4 Å². The fraction of sp³-hybridized carbons (Fsp3) is 0.308. The van der Waals surface area contributed by atoms with Gasteiger partial charge in [-0.1, -0.05) is 30.4 Å². The molecule has 0 unspecified atom stereocenters. The Morgan fingerprint density at radius 3 is 2.94 bits per heavy atom. The SMILES string of the molecule is CON1C(=O)[C@@]2(C=CCNC2)c2ccccc21. The number of rotatable bonds is 1. The number of amides is 1. The lowest BCUT2D eigenvalue weighted by molar-refractivity contribution is -0.127. The number of fused-ring (bicyclic) bond motifs is 2. The minimum absolute atomic E-state index is 0.0235. The molecule has 2 aliphatic heterocycles. The fourth-order valence-electron chi connectivity index (χ4n) is 2.62. The molecule has 17 heavy (non-hydrogen) atoms. The molecule has 0 aromatic heterocycles. The number of hydrogen-bond acceptors (Lipinski definition) is 3. The van der Waals surface area contributed by atoms with Crippen molar-refractivity contribution >= 4 is 11.6 Å². The molecular formula is C13H14N2O2. The summed E-state index contributed by atoms with van der Waals surface area (Å²) in [5.41, 5.74) is 1.26. The number of anilines is 1. The summed E-state index contributed by atoms with van der Waals surface area (Å²) in [7, 11) is 1.52. The van der Waals surface area contributed by atoms with E-state index in [1.165, 1.54) is 12.2 Å². The molecule has 0 aliphatic carbocycles. The zero-order valence-corrected chi connectivity index (χ0v) is 9.64. The van der Waals surface area contributed by atoms with Crippen LogP contribution in [0.2, 0.25) is 0 Å². The van der Waals surface area contributed by atoms with Gasteiger partial charge in [-0.15, -0.1) is 0 Å². The summed E-state index contributed by atoms with van der Waals surface area (Å²) in [6.45, 7) is 1.43. The lowest BCUT2D eigenvalue weighted by atomic mass is 9.80. The zero-order chi connectivity index (χ0) is 11.9. The van der Waals surface area contributed by atoms with Crippen molar-refractivity contribution in [3.63, 3.8) is 0 Å². The summed E-state index contributed by atoms with van der Waals surface area (Å²) in [6.07, 6.45) is 3.99. The molecule has 1 amide bonds. The minimum atomic E-state index is -0.592. The highest BCUT2D eigenvalue weighted by Gasteiger charge is 2.50. The van der Waals surface area contributed by atoms with E-state index < -0.39 is 5.41 Å². The molecule has 2 heterocycles. The van der Waals surface area contributed by atoms with Crippen LogP contribution < -0.4 is 10.4 Å². The lowest BCUT2D eigenvalue weighted by Gasteiger charge is -2.27. The Hall–Kier alpha value is -1.65. The Labute approximate surface area is 99.8 Å². The summed E-state index contributed by atoms with van der Waals surface area (Å²) >= 11 is 0. The smallest absolute Gasteiger partial charge is 0.266 e. The van der Waals surface area contributed by atoms with Crippen molar-refractivity contribution in [2.45, 2.75) is 5.41 Å². The maximum atomic E-state index is 12.5. The summed E-state index contributed by atoms with van der Waals surface area (Å²) in [5, 5.41) is 4.63. The number of para-hydroxylation sites is 1. The molecule has 1 aromatic rings. The third-order valence-corrected chi connectivity index (χ3v) is 3.42. The molecule has 1 spiro atoms. The van der Waals surface area contributed by atoms with Gasteiger partial charge in [0.1, 0.15) is 5.41 Å². The Bertz CT molecular complexity index is 498. The van der Waals surface area contributed by atoms with Crippen molar-refractivity contribution in [1.29, 1.82) is 0 Å². The molecule has 0 fully saturated rings. The molecule has 0 saturated carbocycles. The number of benzene rings is 1. The molecule has 2 aliphatic rings. The second-order valence-electron chi connectivity index (χ2n) is 4.30. The largest absolute Gasteiger partial charge is 0.312 e. The molecular weight excluding hydrogens is 216 g/mol. The van der Waals surface area contributed by atoms with E-state index in [1.54, 1.807) is 0 Å². The third kappa shape index (κ3) is 1.28. The molecule has 88 valence electrons. The molecule has 0 radical (unpaired) electrons. The first-order chi connectivity index (χ1) is 8.29. The number of carbonyl (C=O) groups excluding carboxylic acids is 1. The molecule has 0 bridgehead atoms.